The Hall–Kier alpha value is -4.46. The molecule has 4 aromatic carbocycles. The predicted molar refractivity (Wildman–Crippen MR) is 171 cm³/mol. The van der Waals surface area contributed by atoms with Crippen molar-refractivity contribution in [2.75, 3.05) is 20.2 Å². The van der Waals surface area contributed by atoms with Crippen LogP contribution < -0.4 is 4.74 Å². The van der Waals surface area contributed by atoms with Gasteiger partial charge in [0.25, 0.3) is 5.91 Å². The highest BCUT2D eigenvalue weighted by Crippen LogP contribution is 2.37. The molecular weight excluding hydrogens is 550 g/mol. The van der Waals surface area contributed by atoms with E-state index in [9.17, 15) is 14.7 Å². The number of carboxylic acid groups (broad SMARTS) is 1. The van der Waals surface area contributed by atoms with Crippen molar-refractivity contribution in [3.8, 4) is 5.75 Å². The minimum Gasteiger partial charge on any atom is -0.497 e. The molecule has 2 aliphatic rings. The molecule has 0 spiro atoms. The van der Waals surface area contributed by atoms with Crippen molar-refractivity contribution >= 4 is 11.9 Å². The Morgan fingerprint density at radius 1 is 0.795 bits per heavy atom. The van der Waals surface area contributed by atoms with Crippen molar-refractivity contribution in [3.63, 3.8) is 0 Å². The number of amides is 1. The van der Waals surface area contributed by atoms with Gasteiger partial charge in [0.1, 0.15) is 5.75 Å². The van der Waals surface area contributed by atoms with Crippen LogP contribution in [0.15, 0.2) is 97.1 Å². The number of carbonyl (C=O) groups is 2. The average Bonchev–Trinajstić information content (AvgIpc) is 3.47. The van der Waals surface area contributed by atoms with E-state index in [0.29, 0.717) is 25.2 Å². The Bertz CT molecular complexity index is 1660. The lowest BCUT2D eigenvalue weighted by Gasteiger charge is -2.48. The van der Waals surface area contributed by atoms with Gasteiger partial charge in [0.15, 0.2) is 0 Å². The van der Waals surface area contributed by atoms with E-state index in [1.54, 1.807) is 30.2 Å². The van der Waals surface area contributed by atoms with Gasteiger partial charge in [-0.1, -0.05) is 72.8 Å². The van der Waals surface area contributed by atoms with Crippen molar-refractivity contribution in [3.05, 3.63) is 136 Å². The van der Waals surface area contributed by atoms with Crippen LogP contribution in [0.5, 0.6) is 5.75 Å². The van der Waals surface area contributed by atoms with Crippen molar-refractivity contribution < 1.29 is 19.4 Å². The Kier molecular flexibility index (Phi) is 8.51. The molecule has 6 rings (SSSR count). The van der Waals surface area contributed by atoms with Crippen molar-refractivity contribution in [2.45, 2.75) is 51.6 Å². The molecule has 0 saturated carbocycles. The Balaban J connectivity index is 1.29. The fourth-order valence-electron chi connectivity index (χ4n) is 6.76. The van der Waals surface area contributed by atoms with E-state index < -0.39 is 5.97 Å². The molecule has 1 amide bonds. The number of hydrogen-bond donors (Lipinski definition) is 1. The predicted octanol–water partition coefficient (Wildman–Crippen LogP) is 6.23. The molecule has 1 N–H and O–H groups in total. The summed E-state index contributed by atoms with van der Waals surface area (Å²) < 4.78 is 5.63. The molecule has 2 aliphatic heterocycles. The van der Waals surface area contributed by atoms with Crippen LogP contribution in [0.3, 0.4) is 0 Å². The van der Waals surface area contributed by atoms with Crippen LogP contribution in [0.4, 0.5) is 0 Å². The van der Waals surface area contributed by atoms with Crippen LogP contribution in [-0.2, 0) is 19.6 Å². The van der Waals surface area contributed by atoms with Crippen LogP contribution in [-0.4, -0.2) is 64.0 Å². The van der Waals surface area contributed by atoms with E-state index in [0.717, 1.165) is 36.5 Å². The third kappa shape index (κ3) is 5.98. The number of carbonyl (C=O) groups excluding carboxylic acids is 1. The monoisotopic (exact) mass is 589 g/mol. The summed E-state index contributed by atoms with van der Waals surface area (Å²) >= 11 is 0. The van der Waals surface area contributed by atoms with Crippen LogP contribution >= 0.6 is 0 Å². The molecule has 4 aromatic rings. The molecule has 0 bridgehead atoms. The van der Waals surface area contributed by atoms with E-state index in [1.807, 2.05) is 6.07 Å². The highest BCUT2D eigenvalue weighted by molar-refractivity contribution is 6.04. The summed E-state index contributed by atoms with van der Waals surface area (Å²) in [5.74, 6) is -0.533. The van der Waals surface area contributed by atoms with Crippen LogP contribution in [0.25, 0.3) is 0 Å². The number of ether oxygens (including phenoxy) is 1. The van der Waals surface area contributed by atoms with E-state index in [1.165, 1.54) is 22.8 Å². The van der Waals surface area contributed by atoms with Crippen LogP contribution in [0.1, 0.15) is 68.4 Å². The van der Waals surface area contributed by atoms with Gasteiger partial charge in [0.05, 0.1) is 24.3 Å². The standard InChI is InChI=1S/C37H39N3O4/c1-25-21-40(26(2)20-38(25)22-27-10-5-4-6-11-27)35(28-12-9-13-32(19-28)44-3)29-16-17-30-23-39(24-31(30)18-29)36(41)33-14-7-8-15-34(33)37(42)43/h4-19,25-26,35H,20-24H2,1-3H3,(H,42,43)/t25-,26+,35+/m1/s1. The first kappa shape index (κ1) is 29.6. The van der Waals surface area contributed by atoms with Gasteiger partial charge in [-0.15, -0.1) is 0 Å². The maximum atomic E-state index is 13.5. The second-order valence-corrected chi connectivity index (χ2v) is 12.0. The first-order valence-corrected chi connectivity index (χ1v) is 15.2. The second-order valence-electron chi connectivity index (χ2n) is 12.0. The van der Waals surface area contributed by atoms with Gasteiger partial charge in [-0.25, -0.2) is 4.79 Å². The highest BCUT2D eigenvalue weighted by Gasteiger charge is 2.36. The maximum Gasteiger partial charge on any atom is 0.336 e. The summed E-state index contributed by atoms with van der Waals surface area (Å²) in [7, 11) is 1.70. The zero-order valence-electron chi connectivity index (χ0n) is 25.5. The molecule has 0 unspecified atom stereocenters. The zero-order chi connectivity index (χ0) is 30.8. The van der Waals surface area contributed by atoms with Crippen LogP contribution in [0, 0.1) is 0 Å². The number of hydrogen-bond acceptors (Lipinski definition) is 5. The normalized spacial score (nSPS) is 19.4. The van der Waals surface area contributed by atoms with Gasteiger partial charge in [-0.3, -0.25) is 14.6 Å². The first-order valence-electron chi connectivity index (χ1n) is 15.2. The van der Waals surface area contributed by atoms with E-state index in [4.69, 9.17) is 4.74 Å². The molecule has 44 heavy (non-hydrogen) atoms. The number of piperazine rings is 1. The number of benzene rings is 4. The van der Waals surface area contributed by atoms with Crippen molar-refractivity contribution in [1.29, 1.82) is 0 Å². The summed E-state index contributed by atoms with van der Waals surface area (Å²) in [6.45, 7) is 8.31. The summed E-state index contributed by atoms with van der Waals surface area (Å²) in [6.07, 6.45) is 0. The summed E-state index contributed by atoms with van der Waals surface area (Å²) in [5, 5.41) is 9.64. The molecule has 0 aliphatic carbocycles. The van der Waals surface area contributed by atoms with Crippen molar-refractivity contribution in [1.82, 2.24) is 14.7 Å². The molecule has 226 valence electrons. The summed E-state index contributed by atoms with van der Waals surface area (Å²) in [4.78, 5) is 32.2. The molecule has 1 fully saturated rings. The van der Waals surface area contributed by atoms with Gasteiger partial charge < -0.3 is 14.7 Å². The van der Waals surface area contributed by atoms with Gasteiger partial charge in [-0.2, -0.15) is 0 Å². The van der Waals surface area contributed by atoms with E-state index in [-0.39, 0.29) is 23.1 Å². The number of nitrogens with zero attached hydrogens (tertiary/aromatic N) is 3. The summed E-state index contributed by atoms with van der Waals surface area (Å²) in [6, 6.07) is 32.6. The number of aromatic carboxylic acids is 1. The summed E-state index contributed by atoms with van der Waals surface area (Å²) in [5.41, 5.74) is 6.11. The number of rotatable bonds is 8. The van der Waals surface area contributed by atoms with Crippen LogP contribution in [0.2, 0.25) is 0 Å². The third-order valence-corrected chi connectivity index (χ3v) is 9.08. The van der Waals surface area contributed by atoms with Gasteiger partial charge >= 0.3 is 5.97 Å². The first-order chi connectivity index (χ1) is 21.3. The third-order valence-electron chi connectivity index (χ3n) is 9.08. The second kappa shape index (κ2) is 12.6. The lowest BCUT2D eigenvalue weighted by molar-refractivity contribution is 0.0195. The van der Waals surface area contributed by atoms with E-state index >= 15 is 0 Å². The Labute approximate surface area is 259 Å². The number of methoxy groups -OCH3 is 1. The van der Waals surface area contributed by atoms with Crippen molar-refractivity contribution in [2.24, 2.45) is 0 Å². The fourth-order valence-corrected chi connectivity index (χ4v) is 6.76. The molecular formula is C37H39N3O4. The number of carboxylic acids is 1. The SMILES string of the molecule is COc1cccc([C@@H](c2ccc3c(c2)CN(C(=O)c2ccccc2C(=O)O)C3)N2C[C@@H](C)N(Cc3ccccc3)C[C@@H]2C)c1. The molecule has 7 nitrogen and oxygen atoms in total. The van der Waals surface area contributed by atoms with Gasteiger partial charge in [0.2, 0.25) is 0 Å². The minimum atomic E-state index is -1.10. The van der Waals surface area contributed by atoms with Gasteiger partial charge in [0, 0.05) is 44.8 Å². The molecule has 3 atom stereocenters. The topological polar surface area (TPSA) is 73.3 Å². The lowest BCUT2D eigenvalue weighted by Crippen LogP contribution is -2.56. The maximum absolute atomic E-state index is 13.5. The Morgan fingerprint density at radius 2 is 1.50 bits per heavy atom. The largest absolute Gasteiger partial charge is 0.497 e. The molecule has 7 heteroatoms. The highest BCUT2D eigenvalue weighted by atomic mass is 16.5. The zero-order valence-corrected chi connectivity index (χ0v) is 25.5. The molecule has 1 saturated heterocycles. The molecule has 0 aromatic heterocycles. The smallest absolute Gasteiger partial charge is 0.336 e. The van der Waals surface area contributed by atoms with E-state index in [2.05, 4.69) is 90.4 Å². The molecule has 0 radical (unpaired) electrons. The number of fused-ring (bicyclic) bond motifs is 1. The lowest BCUT2D eigenvalue weighted by atomic mass is 9.91. The molecule has 2 heterocycles. The van der Waals surface area contributed by atoms with Gasteiger partial charge in [-0.05, 0) is 65.9 Å². The Morgan fingerprint density at radius 3 is 2.25 bits per heavy atom. The quantitative estimate of drug-likeness (QED) is 0.263. The minimum absolute atomic E-state index is 0.00390. The fraction of sp³-hybridized carbons (Fsp3) is 0.297. The average molecular weight is 590 g/mol.